The number of rotatable bonds is 5. The molecule has 2 aromatic carbocycles. The van der Waals surface area contributed by atoms with E-state index in [0.29, 0.717) is 17.1 Å². The summed E-state index contributed by atoms with van der Waals surface area (Å²) in [6.07, 6.45) is 1.50. The van der Waals surface area contributed by atoms with Crippen LogP contribution in [0, 0.1) is 5.82 Å². The first kappa shape index (κ1) is 21.0. The average molecular weight is 434 g/mol. The molecule has 3 aromatic rings. The van der Waals surface area contributed by atoms with Crippen molar-refractivity contribution in [2.45, 2.75) is 6.04 Å². The Morgan fingerprint density at radius 3 is 2.34 bits per heavy atom. The van der Waals surface area contributed by atoms with Gasteiger partial charge in [0, 0.05) is 11.8 Å². The zero-order valence-corrected chi connectivity index (χ0v) is 17.3. The average Bonchev–Trinajstić information content (AvgIpc) is 3.09. The summed E-state index contributed by atoms with van der Waals surface area (Å²) in [7, 11) is 2.96. The lowest BCUT2D eigenvalue weighted by molar-refractivity contribution is -0.132. The molecule has 2 heterocycles. The number of aliphatic hydroxyl groups is 1. The molecular weight excluding hydrogens is 415 g/mol. The van der Waals surface area contributed by atoms with Crippen molar-refractivity contribution < 1.29 is 28.6 Å². The number of carbonyl (C=O) groups is 2. The van der Waals surface area contributed by atoms with Crippen LogP contribution in [-0.4, -0.2) is 36.0 Å². The Hall–Kier alpha value is -4.20. The highest BCUT2D eigenvalue weighted by molar-refractivity contribution is 6.51. The van der Waals surface area contributed by atoms with Crippen LogP contribution in [0.5, 0.6) is 11.5 Å². The maximum Gasteiger partial charge on any atom is 0.301 e. The second-order valence-corrected chi connectivity index (χ2v) is 6.98. The zero-order chi connectivity index (χ0) is 22.8. The summed E-state index contributed by atoms with van der Waals surface area (Å²) in [6.45, 7) is 0. The van der Waals surface area contributed by atoms with Gasteiger partial charge in [-0.15, -0.1) is 0 Å². The van der Waals surface area contributed by atoms with Gasteiger partial charge in [0.25, 0.3) is 5.78 Å². The number of hydrogen-bond donors (Lipinski definition) is 1. The minimum atomic E-state index is -0.991. The number of ether oxygens (including phenoxy) is 2. The summed E-state index contributed by atoms with van der Waals surface area (Å²) in [5.74, 6) is -1.53. The number of Topliss-reactive ketones (excluding diaryl/α,β-unsaturated/α-hetero) is 1. The highest BCUT2D eigenvalue weighted by Gasteiger charge is 2.47. The zero-order valence-electron chi connectivity index (χ0n) is 17.3. The number of ketones is 1. The Morgan fingerprint density at radius 1 is 1.00 bits per heavy atom. The Labute approximate surface area is 183 Å². The van der Waals surface area contributed by atoms with E-state index in [-0.39, 0.29) is 17.0 Å². The van der Waals surface area contributed by atoms with E-state index >= 15 is 0 Å². The van der Waals surface area contributed by atoms with E-state index in [0.717, 1.165) is 12.1 Å². The smallest absolute Gasteiger partial charge is 0.301 e. The van der Waals surface area contributed by atoms with Crippen LogP contribution in [-0.2, 0) is 9.59 Å². The number of pyridine rings is 1. The third kappa shape index (κ3) is 3.56. The number of benzene rings is 2. The normalized spacial score (nSPS) is 17.5. The van der Waals surface area contributed by atoms with Gasteiger partial charge in [-0.25, -0.2) is 9.37 Å². The van der Waals surface area contributed by atoms with Gasteiger partial charge in [-0.1, -0.05) is 12.1 Å². The number of halogens is 1. The van der Waals surface area contributed by atoms with E-state index in [2.05, 4.69) is 4.98 Å². The molecule has 1 amide bonds. The van der Waals surface area contributed by atoms with Crippen LogP contribution in [0.2, 0.25) is 0 Å². The SMILES string of the molecule is COc1ccc([C@@H]2/C(=C(\O)c3ccc(F)cc3)C(=O)C(=O)N2c2ccccn2)cc1OC. The van der Waals surface area contributed by atoms with Crippen molar-refractivity contribution in [3.8, 4) is 11.5 Å². The number of aromatic nitrogens is 1. The van der Waals surface area contributed by atoms with Crippen molar-refractivity contribution in [2.75, 3.05) is 19.1 Å². The molecule has 1 fully saturated rings. The minimum absolute atomic E-state index is 0.139. The molecule has 8 heteroatoms. The molecule has 0 radical (unpaired) electrons. The van der Waals surface area contributed by atoms with Gasteiger partial charge in [0.2, 0.25) is 0 Å². The van der Waals surface area contributed by atoms with E-state index < -0.39 is 29.3 Å². The molecule has 0 spiro atoms. The predicted molar refractivity (Wildman–Crippen MR) is 115 cm³/mol. The number of methoxy groups -OCH3 is 2. The van der Waals surface area contributed by atoms with Gasteiger partial charge in [0.15, 0.2) is 11.5 Å². The Balaban J connectivity index is 1.96. The van der Waals surface area contributed by atoms with Gasteiger partial charge in [-0.2, -0.15) is 0 Å². The Bertz CT molecular complexity index is 1210. The lowest BCUT2D eigenvalue weighted by atomic mass is 9.95. The number of anilines is 1. The summed E-state index contributed by atoms with van der Waals surface area (Å²) in [5, 5.41) is 11.0. The molecule has 1 atom stereocenters. The molecule has 0 aliphatic carbocycles. The van der Waals surface area contributed by atoms with Crippen molar-refractivity contribution >= 4 is 23.3 Å². The Kier molecular flexibility index (Phi) is 5.59. The minimum Gasteiger partial charge on any atom is -0.507 e. The highest BCUT2D eigenvalue weighted by atomic mass is 19.1. The Morgan fingerprint density at radius 2 is 1.72 bits per heavy atom. The molecule has 0 bridgehead atoms. The summed E-state index contributed by atoms with van der Waals surface area (Å²) in [5.41, 5.74) is 0.562. The van der Waals surface area contributed by atoms with Crippen molar-refractivity contribution in [3.05, 3.63) is 89.4 Å². The van der Waals surface area contributed by atoms with E-state index in [1.165, 1.54) is 37.4 Å². The van der Waals surface area contributed by atoms with Gasteiger partial charge >= 0.3 is 5.91 Å². The number of hydrogen-bond acceptors (Lipinski definition) is 6. The molecule has 32 heavy (non-hydrogen) atoms. The summed E-state index contributed by atoms with van der Waals surface area (Å²) < 4.78 is 24.0. The fraction of sp³-hybridized carbons (Fsp3) is 0.125. The van der Waals surface area contributed by atoms with E-state index in [1.807, 2.05) is 0 Å². The maximum absolute atomic E-state index is 13.4. The van der Waals surface area contributed by atoms with E-state index in [9.17, 15) is 19.1 Å². The van der Waals surface area contributed by atoms with Gasteiger partial charge in [0.05, 0.1) is 25.8 Å². The van der Waals surface area contributed by atoms with Gasteiger partial charge in [0.1, 0.15) is 17.4 Å². The lowest BCUT2D eigenvalue weighted by Gasteiger charge is -2.25. The molecule has 1 N–H and O–H groups in total. The topological polar surface area (TPSA) is 89.0 Å². The third-order valence-electron chi connectivity index (χ3n) is 5.18. The van der Waals surface area contributed by atoms with E-state index in [1.54, 1.807) is 36.4 Å². The first-order valence-electron chi connectivity index (χ1n) is 9.66. The van der Waals surface area contributed by atoms with Crippen molar-refractivity contribution in [1.29, 1.82) is 0 Å². The molecule has 1 aliphatic heterocycles. The first-order chi connectivity index (χ1) is 15.5. The molecule has 4 rings (SSSR count). The fourth-order valence-electron chi connectivity index (χ4n) is 3.67. The second kappa shape index (κ2) is 8.50. The molecule has 1 saturated heterocycles. The number of carbonyl (C=O) groups excluding carboxylic acids is 2. The monoisotopic (exact) mass is 434 g/mol. The predicted octanol–water partition coefficient (Wildman–Crippen LogP) is 3.86. The molecule has 1 aromatic heterocycles. The van der Waals surface area contributed by atoms with E-state index in [4.69, 9.17) is 9.47 Å². The molecule has 1 aliphatic rings. The summed E-state index contributed by atoms with van der Waals surface area (Å²) >= 11 is 0. The van der Waals surface area contributed by atoms with Crippen LogP contribution < -0.4 is 14.4 Å². The highest BCUT2D eigenvalue weighted by Crippen LogP contribution is 2.43. The number of aliphatic hydroxyl groups excluding tert-OH is 1. The van der Waals surface area contributed by atoms with Gasteiger partial charge < -0.3 is 14.6 Å². The largest absolute Gasteiger partial charge is 0.507 e. The van der Waals surface area contributed by atoms with Crippen molar-refractivity contribution in [2.24, 2.45) is 0 Å². The van der Waals surface area contributed by atoms with Crippen LogP contribution in [0.4, 0.5) is 10.2 Å². The van der Waals surface area contributed by atoms with Crippen molar-refractivity contribution in [3.63, 3.8) is 0 Å². The molecule has 7 nitrogen and oxygen atoms in total. The standard InChI is InChI=1S/C24H19FN2O5/c1-31-17-11-8-15(13-18(17)32-2)21-20(22(28)14-6-9-16(25)10-7-14)23(29)24(30)27(21)19-5-3-4-12-26-19/h3-13,21,28H,1-2H3/b22-20+/t21-/m1/s1. The molecular formula is C24H19FN2O5. The lowest BCUT2D eigenvalue weighted by Crippen LogP contribution is -2.30. The molecule has 0 saturated carbocycles. The van der Waals surface area contributed by atoms with Crippen LogP contribution in [0.15, 0.2) is 72.4 Å². The maximum atomic E-state index is 13.4. The van der Waals surface area contributed by atoms with Crippen molar-refractivity contribution in [1.82, 2.24) is 4.98 Å². The summed E-state index contributed by atoms with van der Waals surface area (Å²) in [4.78, 5) is 31.5. The van der Waals surface area contributed by atoms with Crippen LogP contribution >= 0.6 is 0 Å². The number of amides is 1. The fourth-order valence-corrected chi connectivity index (χ4v) is 3.67. The third-order valence-corrected chi connectivity index (χ3v) is 5.18. The second-order valence-electron chi connectivity index (χ2n) is 6.98. The quantitative estimate of drug-likeness (QED) is 0.373. The summed E-state index contributed by atoms with van der Waals surface area (Å²) in [6, 6.07) is 13.9. The van der Waals surface area contributed by atoms with Gasteiger partial charge in [-0.3, -0.25) is 14.5 Å². The van der Waals surface area contributed by atoms with Gasteiger partial charge in [-0.05, 0) is 54.1 Å². The van der Waals surface area contributed by atoms with Crippen LogP contribution in [0.1, 0.15) is 17.2 Å². The molecule has 0 unspecified atom stereocenters. The molecule has 162 valence electrons. The number of nitrogens with zero attached hydrogens (tertiary/aromatic N) is 2. The van der Waals surface area contributed by atoms with Crippen LogP contribution in [0.3, 0.4) is 0 Å². The first-order valence-corrected chi connectivity index (χ1v) is 9.66. The van der Waals surface area contributed by atoms with Crippen LogP contribution in [0.25, 0.3) is 5.76 Å².